The number of rotatable bonds is 14. The summed E-state index contributed by atoms with van der Waals surface area (Å²) in [7, 11) is 1.68. The highest BCUT2D eigenvalue weighted by atomic mass is 16.5. The van der Waals surface area contributed by atoms with Gasteiger partial charge in [0, 0.05) is 29.5 Å². The highest BCUT2D eigenvalue weighted by Crippen LogP contribution is 2.24. The monoisotopic (exact) mass is 537 g/mol. The summed E-state index contributed by atoms with van der Waals surface area (Å²) in [5.41, 5.74) is 3.48. The second kappa shape index (κ2) is 13.6. The maximum Gasteiger partial charge on any atom is 0.235 e. The Morgan fingerprint density at radius 1 is 0.949 bits per heavy atom. The summed E-state index contributed by atoms with van der Waals surface area (Å²) in [6.07, 6.45) is 4.67. The average Bonchev–Trinajstić information content (AvgIpc) is 2.87. The van der Waals surface area contributed by atoms with E-state index in [2.05, 4.69) is 48.1 Å². The number of aryl methyl sites for hydroxylation is 1. The smallest absolute Gasteiger partial charge is 0.235 e. The predicted molar refractivity (Wildman–Crippen MR) is 159 cm³/mol. The molecule has 0 saturated carbocycles. The summed E-state index contributed by atoms with van der Waals surface area (Å²) in [6.45, 7) is 13.8. The molecule has 3 N–H and O–H groups in total. The highest BCUT2D eigenvalue weighted by molar-refractivity contribution is 5.88. The molecular formula is C32H49N4O3+. The van der Waals surface area contributed by atoms with Gasteiger partial charge in [-0.2, -0.15) is 4.57 Å². The van der Waals surface area contributed by atoms with Gasteiger partial charge in [0.25, 0.3) is 0 Å². The van der Waals surface area contributed by atoms with Crippen molar-refractivity contribution in [1.82, 2.24) is 15.6 Å². The van der Waals surface area contributed by atoms with Gasteiger partial charge >= 0.3 is 0 Å². The molecule has 0 aliphatic carbocycles. The van der Waals surface area contributed by atoms with Gasteiger partial charge in [-0.05, 0) is 65.1 Å². The quantitative estimate of drug-likeness (QED) is 0.112. The molecule has 39 heavy (non-hydrogen) atoms. The molecular weight excluding hydrogens is 488 g/mol. The van der Waals surface area contributed by atoms with Crippen LogP contribution in [0, 0.1) is 5.41 Å². The topological polar surface area (TPSA) is 87.4 Å². The van der Waals surface area contributed by atoms with Crippen molar-refractivity contribution >= 4 is 27.9 Å². The Morgan fingerprint density at radius 3 is 2.33 bits per heavy atom. The minimum absolute atomic E-state index is 0.112. The number of unbranched alkanes of at least 4 members (excludes halogenated alkanes) is 2. The van der Waals surface area contributed by atoms with Gasteiger partial charge in [0.2, 0.25) is 11.0 Å². The number of benzene rings is 2. The molecule has 0 saturated heterocycles. The van der Waals surface area contributed by atoms with Gasteiger partial charge in [-0.25, -0.2) is 4.98 Å². The molecule has 0 spiro atoms. The lowest BCUT2D eigenvalue weighted by molar-refractivity contribution is -0.646. The number of ether oxygens (including phenoxy) is 1. The molecule has 0 aliphatic rings. The third-order valence-electron chi connectivity index (χ3n) is 6.96. The van der Waals surface area contributed by atoms with E-state index in [0.717, 1.165) is 73.0 Å². The van der Waals surface area contributed by atoms with Crippen molar-refractivity contribution in [3.8, 4) is 5.75 Å². The summed E-state index contributed by atoms with van der Waals surface area (Å²) >= 11 is 0. The number of Topliss-reactive ketones (excluding diaryl/α,β-unsaturated/α-hetero) is 1. The van der Waals surface area contributed by atoms with Crippen LogP contribution in [0.3, 0.4) is 0 Å². The molecule has 1 heterocycles. The van der Waals surface area contributed by atoms with Crippen LogP contribution in [0.4, 0.5) is 0 Å². The van der Waals surface area contributed by atoms with E-state index in [-0.39, 0.29) is 22.8 Å². The van der Waals surface area contributed by atoms with E-state index >= 15 is 0 Å². The third-order valence-corrected chi connectivity index (χ3v) is 6.96. The van der Waals surface area contributed by atoms with Crippen LogP contribution in [0.25, 0.3) is 22.1 Å². The molecule has 1 aromatic heterocycles. The Hall–Kier alpha value is -2.61. The van der Waals surface area contributed by atoms with Gasteiger partial charge in [0.15, 0.2) is 17.0 Å². The zero-order chi connectivity index (χ0) is 28.6. The molecule has 0 radical (unpaired) electrons. The fourth-order valence-corrected chi connectivity index (χ4v) is 5.05. The van der Waals surface area contributed by atoms with E-state index in [9.17, 15) is 9.90 Å². The SMILES string of the molecule is COc1cccc2c1nc1ccccc1[n+]2CCCCC(O)NCCCCC(NC(C)(C)C)C(=O)C(C)(C)C. The Labute approximate surface area is 234 Å². The van der Waals surface area contributed by atoms with E-state index < -0.39 is 6.23 Å². The van der Waals surface area contributed by atoms with Crippen molar-refractivity contribution in [3.63, 3.8) is 0 Å². The molecule has 3 rings (SSSR count). The summed E-state index contributed by atoms with van der Waals surface area (Å²) in [6, 6.07) is 14.1. The number of hydrogen-bond donors (Lipinski definition) is 3. The molecule has 0 amide bonds. The van der Waals surface area contributed by atoms with Gasteiger partial charge < -0.3 is 15.2 Å². The number of nitrogens with zero attached hydrogens (tertiary/aromatic N) is 2. The number of carbonyl (C=O) groups excluding carboxylic acids is 1. The first-order valence-corrected chi connectivity index (χ1v) is 14.4. The van der Waals surface area contributed by atoms with Crippen LogP contribution in [0.15, 0.2) is 42.5 Å². The van der Waals surface area contributed by atoms with Gasteiger partial charge in [-0.3, -0.25) is 10.1 Å². The Bertz CT molecular complexity index is 1230. The van der Waals surface area contributed by atoms with Crippen molar-refractivity contribution in [2.75, 3.05) is 13.7 Å². The van der Waals surface area contributed by atoms with Gasteiger partial charge in [0.1, 0.15) is 18.3 Å². The number of nitrogens with one attached hydrogen (secondary N) is 2. The number of methoxy groups -OCH3 is 1. The predicted octanol–water partition coefficient (Wildman–Crippen LogP) is 5.30. The number of carbonyl (C=O) groups is 1. The second-order valence-corrected chi connectivity index (χ2v) is 12.6. The minimum Gasteiger partial charge on any atom is -0.494 e. The average molecular weight is 538 g/mol. The molecule has 2 atom stereocenters. The van der Waals surface area contributed by atoms with Crippen LogP contribution >= 0.6 is 0 Å². The minimum atomic E-state index is -0.527. The van der Waals surface area contributed by atoms with Crippen LogP contribution in [0.5, 0.6) is 5.75 Å². The van der Waals surface area contributed by atoms with Crippen molar-refractivity contribution in [2.45, 2.75) is 104 Å². The van der Waals surface area contributed by atoms with E-state index in [1.165, 1.54) is 0 Å². The lowest BCUT2D eigenvalue weighted by atomic mass is 9.84. The zero-order valence-corrected chi connectivity index (χ0v) is 25.0. The number of ketones is 1. The molecule has 0 fully saturated rings. The largest absolute Gasteiger partial charge is 0.494 e. The van der Waals surface area contributed by atoms with E-state index in [1.54, 1.807) is 7.11 Å². The van der Waals surface area contributed by atoms with E-state index in [1.807, 2.05) is 51.1 Å². The standard InChI is InChI=1S/C32H49N4O3/c1-31(2,3)30(38)24(35-32(4,5)6)16-10-12-21-33-28(37)20-11-13-22-36-25-17-9-8-15-23(25)34-29-26(36)18-14-19-27(29)39-7/h8-9,14-15,17-19,24,28,33,35,37H,10-13,16,20-22H2,1-7H3/q+1. The number of fused-ring (bicyclic) bond motifs is 2. The molecule has 7 nitrogen and oxygen atoms in total. The van der Waals surface area contributed by atoms with Crippen LogP contribution in [0.2, 0.25) is 0 Å². The first kappa shape index (κ1) is 30.9. The molecule has 7 heteroatoms. The number of hydrogen-bond acceptors (Lipinski definition) is 6. The Morgan fingerprint density at radius 2 is 1.64 bits per heavy atom. The van der Waals surface area contributed by atoms with Crippen LogP contribution < -0.4 is 19.9 Å². The van der Waals surface area contributed by atoms with Crippen LogP contribution in [-0.2, 0) is 11.3 Å². The summed E-state index contributed by atoms with van der Waals surface area (Å²) in [5.74, 6) is 1.03. The number of aliphatic hydroxyl groups is 1. The molecule has 2 aromatic carbocycles. The molecule has 2 unspecified atom stereocenters. The maximum atomic E-state index is 12.9. The van der Waals surface area contributed by atoms with Crippen LogP contribution in [-0.4, -0.2) is 47.3 Å². The second-order valence-electron chi connectivity index (χ2n) is 12.6. The molecule has 214 valence electrons. The number of aliphatic hydroxyl groups excluding tert-OH is 1. The summed E-state index contributed by atoms with van der Waals surface area (Å²) in [5, 5.41) is 17.3. The molecule has 3 aromatic rings. The first-order chi connectivity index (χ1) is 18.4. The Balaban J connectivity index is 1.46. The molecule has 0 aliphatic heterocycles. The lowest BCUT2D eigenvalue weighted by Crippen LogP contribution is -2.50. The Kier molecular flexibility index (Phi) is 10.8. The number of para-hydroxylation sites is 3. The highest BCUT2D eigenvalue weighted by Gasteiger charge is 2.31. The number of aromatic nitrogens is 2. The van der Waals surface area contributed by atoms with Crippen molar-refractivity contribution in [2.24, 2.45) is 5.41 Å². The fourth-order valence-electron chi connectivity index (χ4n) is 5.05. The molecule has 0 bridgehead atoms. The fraction of sp³-hybridized carbons (Fsp3) is 0.594. The first-order valence-electron chi connectivity index (χ1n) is 14.4. The summed E-state index contributed by atoms with van der Waals surface area (Å²) < 4.78 is 7.87. The van der Waals surface area contributed by atoms with Gasteiger partial charge in [0.05, 0.1) is 13.2 Å². The van der Waals surface area contributed by atoms with Crippen LogP contribution in [0.1, 0.15) is 80.1 Å². The zero-order valence-electron chi connectivity index (χ0n) is 25.0. The summed E-state index contributed by atoms with van der Waals surface area (Å²) in [4.78, 5) is 17.8. The van der Waals surface area contributed by atoms with E-state index in [4.69, 9.17) is 9.72 Å². The van der Waals surface area contributed by atoms with Crippen molar-refractivity contribution < 1.29 is 19.2 Å². The van der Waals surface area contributed by atoms with E-state index in [0.29, 0.717) is 6.42 Å². The third kappa shape index (κ3) is 8.95. The van der Waals surface area contributed by atoms with Gasteiger partial charge in [-0.1, -0.05) is 45.4 Å². The maximum absolute atomic E-state index is 12.9. The van der Waals surface area contributed by atoms with Crippen molar-refractivity contribution in [1.29, 1.82) is 0 Å². The van der Waals surface area contributed by atoms with Gasteiger partial charge in [-0.15, -0.1) is 0 Å². The van der Waals surface area contributed by atoms with Crippen molar-refractivity contribution in [3.05, 3.63) is 42.5 Å². The normalized spacial score (nSPS) is 14.1. The lowest BCUT2D eigenvalue weighted by Gasteiger charge is -2.32.